The zero-order chi connectivity index (χ0) is 21.6. The second kappa shape index (κ2) is 10.2. The Labute approximate surface area is 192 Å². The maximum absolute atomic E-state index is 12.4. The van der Waals surface area contributed by atoms with Crippen molar-refractivity contribution in [3.8, 4) is 0 Å². The maximum atomic E-state index is 12.4. The van der Waals surface area contributed by atoms with Crippen LogP contribution in [0.15, 0.2) is 78.9 Å². The summed E-state index contributed by atoms with van der Waals surface area (Å²) in [6.07, 6.45) is 0.536. The van der Waals surface area contributed by atoms with Gasteiger partial charge in [0.1, 0.15) is 6.10 Å². The van der Waals surface area contributed by atoms with Gasteiger partial charge in [-0.2, -0.15) is 0 Å². The lowest BCUT2D eigenvalue weighted by Crippen LogP contribution is -2.58. The maximum Gasteiger partial charge on any atom is 0.317 e. The highest BCUT2D eigenvalue weighted by Gasteiger charge is 2.33. The minimum Gasteiger partial charge on any atom is -0.362 e. The summed E-state index contributed by atoms with van der Waals surface area (Å²) in [5, 5.41) is 4.35. The Hall–Kier alpha value is -2.53. The third-order valence-electron chi connectivity index (χ3n) is 5.34. The van der Waals surface area contributed by atoms with Crippen LogP contribution in [0.5, 0.6) is 0 Å². The van der Waals surface area contributed by atoms with Gasteiger partial charge in [-0.05, 0) is 47.4 Å². The lowest BCUT2D eigenvalue weighted by atomic mass is 10.0. The largest absolute Gasteiger partial charge is 0.362 e. The third kappa shape index (κ3) is 5.79. The summed E-state index contributed by atoms with van der Waals surface area (Å²) < 4.78 is 6.38. The van der Waals surface area contributed by atoms with Gasteiger partial charge in [0.05, 0.1) is 19.2 Å². The molecule has 2 amide bonds. The molecule has 0 atom stereocenters. The van der Waals surface area contributed by atoms with Gasteiger partial charge in [0, 0.05) is 16.6 Å². The van der Waals surface area contributed by atoms with Gasteiger partial charge in [0.15, 0.2) is 0 Å². The summed E-state index contributed by atoms with van der Waals surface area (Å²) in [5.74, 6) is 0. The molecule has 1 saturated heterocycles. The lowest BCUT2D eigenvalue weighted by molar-refractivity contribution is -0.0645. The van der Waals surface area contributed by atoms with Gasteiger partial charge in [-0.15, -0.1) is 0 Å². The highest BCUT2D eigenvalue weighted by Crippen LogP contribution is 2.31. The quantitative estimate of drug-likeness (QED) is 0.494. The molecule has 4 rings (SSSR count). The topological polar surface area (TPSA) is 41.6 Å². The number of benzene rings is 3. The fourth-order valence-corrected chi connectivity index (χ4v) is 3.83. The molecule has 31 heavy (non-hydrogen) atoms. The smallest absolute Gasteiger partial charge is 0.317 e. The number of rotatable bonds is 7. The molecule has 1 aliphatic heterocycles. The van der Waals surface area contributed by atoms with Crippen molar-refractivity contribution in [2.75, 3.05) is 19.6 Å². The van der Waals surface area contributed by atoms with Gasteiger partial charge in [-0.3, -0.25) is 0 Å². The van der Waals surface area contributed by atoms with Crippen LogP contribution in [0, 0.1) is 0 Å². The first-order valence-corrected chi connectivity index (χ1v) is 11.1. The molecule has 0 unspecified atom stereocenters. The van der Waals surface area contributed by atoms with Crippen LogP contribution in [0.25, 0.3) is 0 Å². The van der Waals surface area contributed by atoms with Crippen molar-refractivity contribution in [1.29, 1.82) is 0 Å². The van der Waals surface area contributed by atoms with E-state index in [-0.39, 0.29) is 18.2 Å². The van der Waals surface area contributed by atoms with Gasteiger partial charge in [0.25, 0.3) is 0 Å². The van der Waals surface area contributed by atoms with E-state index in [2.05, 4.69) is 17.4 Å². The third-order valence-corrected chi connectivity index (χ3v) is 5.85. The summed E-state index contributed by atoms with van der Waals surface area (Å²) in [4.78, 5) is 14.2. The number of carbonyl (C=O) groups excluding carboxylic acids is 1. The summed E-state index contributed by atoms with van der Waals surface area (Å²) >= 11 is 12.1. The van der Waals surface area contributed by atoms with Crippen LogP contribution in [0.2, 0.25) is 10.0 Å². The molecular formula is C25H24Cl2N2O2. The minimum absolute atomic E-state index is 0.0313. The van der Waals surface area contributed by atoms with E-state index < -0.39 is 0 Å². The predicted molar refractivity (Wildman–Crippen MR) is 125 cm³/mol. The molecule has 0 spiro atoms. The van der Waals surface area contributed by atoms with E-state index in [9.17, 15) is 4.79 Å². The molecule has 1 heterocycles. The van der Waals surface area contributed by atoms with E-state index in [1.54, 1.807) is 4.90 Å². The summed E-state index contributed by atoms with van der Waals surface area (Å²) in [6.45, 7) is 1.74. The zero-order valence-electron chi connectivity index (χ0n) is 17.0. The first-order chi connectivity index (χ1) is 15.1. The molecular weight excluding hydrogens is 431 g/mol. The van der Waals surface area contributed by atoms with Crippen molar-refractivity contribution < 1.29 is 9.53 Å². The molecule has 3 aromatic rings. The monoisotopic (exact) mass is 454 g/mol. The summed E-state index contributed by atoms with van der Waals surface area (Å²) in [6, 6.07) is 25.4. The molecule has 4 nitrogen and oxygen atoms in total. The number of carbonyl (C=O) groups is 1. The fraction of sp³-hybridized carbons (Fsp3) is 0.240. The molecule has 0 aliphatic carbocycles. The number of hydrogen-bond acceptors (Lipinski definition) is 2. The van der Waals surface area contributed by atoms with Crippen molar-refractivity contribution in [1.82, 2.24) is 10.2 Å². The Morgan fingerprint density at radius 1 is 0.903 bits per heavy atom. The van der Waals surface area contributed by atoms with Gasteiger partial charge >= 0.3 is 6.03 Å². The number of amides is 2. The molecule has 0 radical (unpaired) electrons. The Morgan fingerprint density at radius 2 is 1.45 bits per heavy atom. The molecule has 160 valence electrons. The number of likely N-dealkylation sites (tertiary alicyclic amines) is 1. The first kappa shape index (κ1) is 21.7. The standard InChI is InChI=1S/C25H24Cl2N2O2/c26-21-10-6-19(7-11-21)24(20-8-12-22(27)13-9-20)31-23-16-29(17-23)25(30)28-15-14-18-4-2-1-3-5-18/h1-13,23-24H,14-17H2,(H,28,30). The lowest BCUT2D eigenvalue weighted by Gasteiger charge is -2.40. The zero-order valence-corrected chi connectivity index (χ0v) is 18.5. The van der Waals surface area contributed by atoms with E-state index >= 15 is 0 Å². The molecule has 6 heteroatoms. The van der Waals surface area contributed by atoms with Crippen molar-refractivity contribution in [2.45, 2.75) is 18.6 Å². The minimum atomic E-state index is -0.247. The summed E-state index contributed by atoms with van der Waals surface area (Å²) in [7, 11) is 0. The van der Waals surface area contributed by atoms with E-state index in [0.717, 1.165) is 17.5 Å². The Morgan fingerprint density at radius 3 is 2.00 bits per heavy atom. The van der Waals surface area contributed by atoms with Crippen LogP contribution >= 0.6 is 23.2 Å². The Kier molecular flexibility index (Phi) is 7.13. The molecule has 0 bridgehead atoms. The molecule has 1 fully saturated rings. The van der Waals surface area contributed by atoms with E-state index in [0.29, 0.717) is 29.7 Å². The van der Waals surface area contributed by atoms with E-state index in [1.807, 2.05) is 66.7 Å². The molecule has 0 aromatic heterocycles. The Bertz CT molecular complexity index is 943. The summed E-state index contributed by atoms with van der Waals surface area (Å²) in [5.41, 5.74) is 3.23. The van der Waals surface area contributed by atoms with Crippen LogP contribution in [-0.4, -0.2) is 36.7 Å². The van der Waals surface area contributed by atoms with Crippen molar-refractivity contribution in [3.05, 3.63) is 106 Å². The number of ether oxygens (including phenoxy) is 1. The van der Waals surface area contributed by atoms with Crippen LogP contribution in [0.1, 0.15) is 22.8 Å². The van der Waals surface area contributed by atoms with Crippen molar-refractivity contribution >= 4 is 29.2 Å². The molecule has 3 aromatic carbocycles. The van der Waals surface area contributed by atoms with Gasteiger partial charge < -0.3 is 15.0 Å². The highest BCUT2D eigenvalue weighted by molar-refractivity contribution is 6.30. The number of hydrogen-bond donors (Lipinski definition) is 1. The average Bonchev–Trinajstić information content (AvgIpc) is 2.75. The van der Waals surface area contributed by atoms with E-state index in [1.165, 1.54) is 5.56 Å². The Balaban J connectivity index is 1.32. The number of urea groups is 1. The average molecular weight is 455 g/mol. The molecule has 0 saturated carbocycles. The second-order valence-corrected chi connectivity index (χ2v) is 8.49. The van der Waals surface area contributed by atoms with Crippen molar-refractivity contribution in [3.63, 3.8) is 0 Å². The van der Waals surface area contributed by atoms with Gasteiger partial charge in [-0.1, -0.05) is 77.8 Å². The predicted octanol–water partition coefficient (Wildman–Crippen LogP) is 5.74. The number of nitrogens with zero attached hydrogens (tertiary/aromatic N) is 1. The SMILES string of the molecule is O=C(NCCc1ccccc1)N1CC(OC(c2ccc(Cl)cc2)c2ccc(Cl)cc2)C1. The van der Waals surface area contributed by atoms with Crippen LogP contribution in [-0.2, 0) is 11.2 Å². The highest BCUT2D eigenvalue weighted by atomic mass is 35.5. The van der Waals surface area contributed by atoms with Gasteiger partial charge in [0.2, 0.25) is 0 Å². The normalized spacial score (nSPS) is 13.8. The van der Waals surface area contributed by atoms with Crippen LogP contribution in [0.3, 0.4) is 0 Å². The second-order valence-electron chi connectivity index (χ2n) is 7.61. The molecule has 1 N–H and O–H groups in total. The van der Waals surface area contributed by atoms with E-state index in [4.69, 9.17) is 27.9 Å². The molecule has 1 aliphatic rings. The van der Waals surface area contributed by atoms with Gasteiger partial charge in [-0.25, -0.2) is 4.79 Å². The van der Waals surface area contributed by atoms with Crippen LogP contribution in [0.4, 0.5) is 4.79 Å². The number of nitrogens with one attached hydrogen (secondary N) is 1. The van der Waals surface area contributed by atoms with Crippen molar-refractivity contribution in [2.24, 2.45) is 0 Å². The number of halogens is 2. The fourth-order valence-electron chi connectivity index (χ4n) is 3.58. The first-order valence-electron chi connectivity index (χ1n) is 10.3. The van der Waals surface area contributed by atoms with Crippen LogP contribution < -0.4 is 5.32 Å².